The van der Waals surface area contributed by atoms with E-state index in [4.69, 9.17) is 9.47 Å². The predicted molar refractivity (Wildman–Crippen MR) is 158 cm³/mol. The second-order valence-corrected chi connectivity index (χ2v) is 10.6. The van der Waals surface area contributed by atoms with E-state index >= 15 is 0 Å². The van der Waals surface area contributed by atoms with Crippen LogP contribution in [0, 0.1) is 0 Å². The zero-order valence-electron chi connectivity index (χ0n) is 23.3. The van der Waals surface area contributed by atoms with E-state index in [1.54, 1.807) is 30.3 Å². The fourth-order valence-corrected chi connectivity index (χ4v) is 5.82. The van der Waals surface area contributed by atoms with Crippen LogP contribution in [0.1, 0.15) is 39.1 Å². The van der Waals surface area contributed by atoms with Gasteiger partial charge in [-0.3, -0.25) is 9.78 Å². The highest BCUT2D eigenvalue weighted by molar-refractivity contribution is 6.04. The number of carbonyl (C=O) groups excluding carboxylic acids is 2. The van der Waals surface area contributed by atoms with Gasteiger partial charge in [0.15, 0.2) is 0 Å². The van der Waals surface area contributed by atoms with Crippen molar-refractivity contribution in [3.8, 4) is 11.1 Å². The molecule has 0 radical (unpaired) electrons. The second kappa shape index (κ2) is 12.4. The molecule has 2 heterocycles. The zero-order chi connectivity index (χ0) is 30.8. The summed E-state index contributed by atoms with van der Waals surface area (Å²) in [5.41, 5.74) is 3.76. The highest BCUT2D eigenvalue weighted by atomic mass is 16.6. The molecular weight excluding hydrogens is 568 g/mol. The minimum atomic E-state index is -1.63. The number of amides is 2. The number of fused-ring (bicyclic) bond motifs is 3. The Morgan fingerprint density at radius 3 is 2.18 bits per heavy atom. The maximum Gasteiger partial charge on any atom is 0.407 e. The Hall–Kier alpha value is -4.88. The van der Waals surface area contributed by atoms with Gasteiger partial charge in [0.25, 0.3) is 5.91 Å². The van der Waals surface area contributed by atoms with Gasteiger partial charge in [-0.1, -0.05) is 66.7 Å². The Morgan fingerprint density at radius 1 is 0.886 bits per heavy atom. The molecule has 12 nitrogen and oxygen atoms in total. The number of nitrogens with one attached hydrogen (secondary N) is 3. The summed E-state index contributed by atoms with van der Waals surface area (Å²) in [6.07, 6.45) is -5.49. The minimum Gasteiger partial charge on any atom is -0.449 e. The Labute approximate surface area is 251 Å². The molecule has 0 saturated carbocycles. The van der Waals surface area contributed by atoms with Crippen LogP contribution in [0.5, 0.6) is 0 Å². The number of anilines is 1. The lowest BCUT2D eigenvalue weighted by Gasteiger charge is -2.42. The summed E-state index contributed by atoms with van der Waals surface area (Å²) >= 11 is 0. The zero-order valence-corrected chi connectivity index (χ0v) is 23.3. The summed E-state index contributed by atoms with van der Waals surface area (Å²) in [5.74, 6) is -0.864. The summed E-state index contributed by atoms with van der Waals surface area (Å²) in [6.45, 7) is -0.663. The van der Waals surface area contributed by atoms with Crippen molar-refractivity contribution in [1.82, 2.24) is 15.3 Å². The van der Waals surface area contributed by atoms with Crippen LogP contribution in [-0.2, 0) is 9.47 Å². The first-order valence-corrected chi connectivity index (χ1v) is 14.0. The molecule has 226 valence electrons. The Kier molecular flexibility index (Phi) is 8.22. The van der Waals surface area contributed by atoms with Crippen LogP contribution < -0.4 is 16.3 Å². The van der Waals surface area contributed by atoms with Gasteiger partial charge in [0.05, 0.1) is 12.6 Å². The average Bonchev–Trinajstić information content (AvgIpc) is 3.37. The monoisotopic (exact) mass is 598 g/mol. The molecule has 5 atom stereocenters. The highest BCUT2D eigenvalue weighted by Gasteiger charge is 2.47. The van der Waals surface area contributed by atoms with Crippen molar-refractivity contribution in [2.45, 2.75) is 36.4 Å². The van der Waals surface area contributed by atoms with Crippen molar-refractivity contribution in [3.05, 3.63) is 118 Å². The molecule has 4 aromatic rings. The fraction of sp³-hybridized carbons (Fsp3) is 0.250. The smallest absolute Gasteiger partial charge is 0.407 e. The molecule has 0 unspecified atom stereocenters. The van der Waals surface area contributed by atoms with Crippen LogP contribution in [-0.4, -0.2) is 74.9 Å². The maximum atomic E-state index is 13.2. The lowest BCUT2D eigenvalue weighted by atomic mass is 9.89. The predicted octanol–water partition coefficient (Wildman–Crippen LogP) is 2.08. The summed E-state index contributed by atoms with van der Waals surface area (Å²) in [5, 5.41) is 36.7. The minimum absolute atomic E-state index is 0.00534. The quantitative estimate of drug-likeness (QED) is 0.185. The number of ether oxygens (including phenoxy) is 2. The number of aromatic nitrogens is 2. The van der Waals surface area contributed by atoms with Gasteiger partial charge in [-0.15, -0.1) is 0 Å². The third-order valence-corrected chi connectivity index (χ3v) is 7.98. The first-order valence-electron chi connectivity index (χ1n) is 14.0. The van der Waals surface area contributed by atoms with Crippen molar-refractivity contribution < 1.29 is 34.4 Å². The van der Waals surface area contributed by atoms with Gasteiger partial charge in [-0.05, 0) is 34.4 Å². The topological polar surface area (TPSA) is 183 Å². The molecule has 44 heavy (non-hydrogen) atoms. The molecule has 1 saturated heterocycles. The number of hydrogen-bond donors (Lipinski definition) is 6. The van der Waals surface area contributed by atoms with E-state index in [1.807, 2.05) is 48.5 Å². The van der Waals surface area contributed by atoms with E-state index in [9.17, 15) is 29.7 Å². The summed E-state index contributed by atoms with van der Waals surface area (Å²) in [4.78, 5) is 44.5. The lowest BCUT2D eigenvalue weighted by Crippen LogP contribution is -2.61. The third kappa shape index (κ3) is 5.58. The van der Waals surface area contributed by atoms with Crippen LogP contribution in [0.15, 0.2) is 89.9 Å². The number of H-pyrrole nitrogens is 1. The number of aromatic amines is 1. The van der Waals surface area contributed by atoms with E-state index in [-0.39, 0.29) is 23.9 Å². The molecule has 6 N–H and O–H groups in total. The average molecular weight is 599 g/mol. The number of rotatable bonds is 7. The van der Waals surface area contributed by atoms with Gasteiger partial charge in [0.1, 0.15) is 36.8 Å². The summed E-state index contributed by atoms with van der Waals surface area (Å²) < 4.78 is 11.6. The number of aliphatic hydroxyl groups is 3. The van der Waals surface area contributed by atoms with Gasteiger partial charge in [0.2, 0.25) is 0 Å². The Bertz CT molecular complexity index is 1680. The first-order chi connectivity index (χ1) is 21.4. The van der Waals surface area contributed by atoms with Crippen molar-refractivity contribution in [2.24, 2.45) is 0 Å². The third-order valence-electron chi connectivity index (χ3n) is 7.98. The standard InChI is InChI=1S/C32H30N4O8/c37-15-24-26(38)27(39)25(28(44-24)22-14-33-31(41)36-29(22)35-30(40)17-8-2-1-3-9-17)34-32(42)43-16-23-20-12-6-4-10-18(20)19-11-5-7-13-21(19)23/h1-14,23-28,37-39H,15-16H2,(H,34,42)(H2,33,35,36,40,41)/t24-,25-,26-,27-,28+/m1/s1. The number of carbonyl (C=O) groups is 2. The number of nitrogens with zero attached hydrogens (tertiary/aromatic N) is 1. The molecule has 6 rings (SSSR count). The summed E-state index contributed by atoms with van der Waals surface area (Å²) in [6, 6.07) is 22.6. The number of benzene rings is 3. The van der Waals surface area contributed by atoms with Gasteiger partial charge in [-0.2, -0.15) is 0 Å². The maximum absolute atomic E-state index is 13.2. The molecule has 1 aromatic heterocycles. The molecule has 0 spiro atoms. The molecule has 2 amide bonds. The van der Waals surface area contributed by atoms with Gasteiger partial charge in [-0.25, -0.2) is 14.6 Å². The van der Waals surface area contributed by atoms with E-state index in [0.717, 1.165) is 28.5 Å². The molecule has 1 fully saturated rings. The fourth-order valence-electron chi connectivity index (χ4n) is 5.82. The molecule has 1 aliphatic heterocycles. The molecule has 12 heteroatoms. The van der Waals surface area contributed by atoms with E-state index in [1.165, 1.54) is 0 Å². The van der Waals surface area contributed by atoms with E-state index in [0.29, 0.717) is 5.56 Å². The SMILES string of the molecule is O=C(N[C@@H]1[C@@H](O)[C@H](O)[C@@H](CO)O[C@H]1c1cnc(=O)[nH]c1NC(=O)c1ccccc1)OCC1c2ccccc2-c2ccccc21. The number of hydrogen-bond acceptors (Lipinski definition) is 9. The summed E-state index contributed by atoms with van der Waals surface area (Å²) in [7, 11) is 0. The van der Waals surface area contributed by atoms with Crippen LogP contribution in [0.2, 0.25) is 0 Å². The molecule has 0 bridgehead atoms. The van der Waals surface area contributed by atoms with Crippen LogP contribution in [0.25, 0.3) is 11.1 Å². The van der Waals surface area contributed by atoms with Crippen molar-refractivity contribution in [2.75, 3.05) is 18.5 Å². The van der Waals surface area contributed by atoms with Crippen LogP contribution >= 0.6 is 0 Å². The van der Waals surface area contributed by atoms with E-state index in [2.05, 4.69) is 20.6 Å². The van der Waals surface area contributed by atoms with Gasteiger partial charge < -0.3 is 35.4 Å². The molecular formula is C32H30N4O8. The van der Waals surface area contributed by atoms with Crippen molar-refractivity contribution >= 4 is 17.8 Å². The lowest BCUT2D eigenvalue weighted by molar-refractivity contribution is -0.195. The molecule has 2 aliphatic rings. The Morgan fingerprint density at radius 2 is 1.52 bits per heavy atom. The molecule has 3 aromatic carbocycles. The largest absolute Gasteiger partial charge is 0.449 e. The van der Waals surface area contributed by atoms with Crippen molar-refractivity contribution in [1.29, 1.82) is 0 Å². The van der Waals surface area contributed by atoms with Crippen LogP contribution in [0.4, 0.5) is 10.6 Å². The van der Waals surface area contributed by atoms with Crippen LogP contribution in [0.3, 0.4) is 0 Å². The highest BCUT2D eigenvalue weighted by Crippen LogP contribution is 2.44. The van der Waals surface area contributed by atoms with E-state index < -0.39 is 54.8 Å². The second-order valence-electron chi connectivity index (χ2n) is 10.6. The molecule has 1 aliphatic carbocycles. The Balaban J connectivity index is 1.25. The number of alkyl carbamates (subject to hydrolysis) is 1. The first kappa shape index (κ1) is 29.2. The van der Waals surface area contributed by atoms with Crippen molar-refractivity contribution in [3.63, 3.8) is 0 Å². The normalized spacial score (nSPS) is 22.5. The van der Waals surface area contributed by atoms with Gasteiger partial charge >= 0.3 is 11.8 Å². The number of aliphatic hydroxyl groups excluding tert-OH is 3. The van der Waals surface area contributed by atoms with Gasteiger partial charge in [0, 0.05) is 23.2 Å².